The van der Waals surface area contributed by atoms with Gasteiger partial charge in [0.05, 0.1) is 19.6 Å². The lowest BCUT2D eigenvalue weighted by molar-refractivity contribution is -0.191. The molecule has 0 aromatic heterocycles. The Balaban J connectivity index is 1.71. The standard InChI is InChI=1S/C19H24ClNO5/c1-12-9-14(20)10-13(2)15(12)11-16(22)21-18(17(23)24)3-5-19(6-4-18)25-7-8-26-19/h9-10H,3-8,11H2,1-2H3,(H,21,22)(H,23,24). The van der Waals surface area contributed by atoms with Crippen molar-refractivity contribution in [2.24, 2.45) is 0 Å². The molecule has 0 unspecified atom stereocenters. The maximum Gasteiger partial charge on any atom is 0.329 e. The lowest BCUT2D eigenvalue weighted by Gasteiger charge is -2.41. The summed E-state index contributed by atoms with van der Waals surface area (Å²) in [6, 6.07) is 3.62. The Morgan fingerprint density at radius 2 is 1.65 bits per heavy atom. The first-order chi connectivity index (χ1) is 12.3. The first kappa shape index (κ1) is 19.1. The highest BCUT2D eigenvalue weighted by Crippen LogP contribution is 2.40. The van der Waals surface area contributed by atoms with E-state index in [1.54, 1.807) is 0 Å². The maximum atomic E-state index is 12.6. The van der Waals surface area contributed by atoms with Gasteiger partial charge in [-0.25, -0.2) is 4.79 Å². The zero-order chi connectivity index (χ0) is 18.9. The van der Waals surface area contributed by atoms with E-state index in [0.29, 0.717) is 31.1 Å². The van der Waals surface area contributed by atoms with Gasteiger partial charge in [-0.15, -0.1) is 0 Å². The van der Waals surface area contributed by atoms with Gasteiger partial charge in [-0.05, 0) is 55.5 Å². The van der Waals surface area contributed by atoms with Crippen molar-refractivity contribution in [1.29, 1.82) is 0 Å². The van der Waals surface area contributed by atoms with Crippen molar-refractivity contribution in [2.75, 3.05) is 13.2 Å². The van der Waals surface area contributed by atoms with E-state index < -0.39 is 17.3 Å². The normalized spacial score (nSPS) is 20.9. The van der Waals surface area contributed by atoms with Crippen molar-refractivity contribution in [3.8, 4) is 0 Å². The number of aryl methyl sites for hydroxylation is 2. The number of amides is 1. The summed E-state index contributed by atoms with van der Waals surface area (Å²) in [5, 5.41) is 13.2. The van der Waals surface area contributed by atoms with E-state index >= 15 is 0 Å². The van der Waals surface area contributed by atoms with Crippen LogP contribution in [0.25, 0.3) is 0 Å². The molecule has 1 aromatic rings. The van der Waals surface area contributed by atoms with E-state index in [-0.39, 0.29) is 25.2 Å². The Labute approximate surface area is 157 Å². The molecule has 0 radical (unpaired) electrons. The van der Waals surface area contributed by atoms with Gasteiger partial charge in [-0.1, -0.05) is 11.6 Å². The Bertz CT molecular complexity index is 694. The largest absolute Gasteiger partial charge is 0.480 e. The highest BCUT2D eigenvalue weighted by molar-refractivity contribution is 6.30. The van der Waals surface area contributed by atoms with Gasteiger partial charge in [0.25, 0.3) is 0 Å². The minimum Gasteiger partial charge on any atom is -0.480 e. The number of carbonyl (C=O) groups excluding carboxylic acids is 1. The summed E-state index contributed by atoms with van der Waals surface area (Å²) in [7, 11) is 0. The molecule has 2 aliphatic rings. The molecular weight excluding hydrogens is 358 g/mol. The number of carbonyl (C=O) groups is 2. The molecule has 1 saturated carbocycles. The van der Waals surface area contributed by atoms with Crippen molar-refractivity contribution in [3.05, 3.63) is 33.8 Å². The second kappa shape index (κ2) is 7.18. The van der Waals surface area contributed by atoms with E-state index in [4.69, 9.17) is 21.1 Å². The number of benzene rings is 1. The van der Waals surface area contributed by atoms with Crippen molar-refractivity contribution in [2.45, 2.75) is 57.3 Å². The van der Waals surface area contributed by atoms with Crippen LogP contribution < -0.4 is 5.32 Å². The molecule has 142 valence electrons. The van der Waals surface area contributed by atoms with Crippen LogP contribution in [0.1, 0.15) is 42.4 Å². The average molecular weight is 382 g/mol. The molecule has 1 saturated heterocycles. The fraction of sp³-hybridized carbons (Fsp3) is 0.579. The number of halogens is 1. The number of nitrogens with one attached hydrogen (secondary N) is 1. The molecule has 3 rings (SSSR count). The number of aliphatic carboxylic acids is 1. The summed E-state index contributed by atoms with van der Waals surface area (Å²) in [5.74, 6) is -1.99. The summed E-state index contributed by atoms with van der Waals surface area (Å²) in [5.41, 5.74) is 1.45. The number of rotatable bonds is 4. The molecule has 1 aromatic carbocycles. The second-order valence-electron chi connectivity index (χ2n) is 7.24. The van der Waals surface area contributed by atoms with Crippen LogP contribution in [-0.2, 0) is 25.5 Å². The lowest BCUT2D eigenvalue weighted by Crippen LogP contribution is -2.59. The molecule has 1 aliphatic carbocycles. The summed E-state index contributed by atoms with van der Waals surface area (Å²) in [4.78, 5) is 24.6. The van der Waals surface area contributed by atoms with Gasteiger partial charge in [0.1, 0.15) is 5.54 Å². The van der Waals surface area contributed by atoms with E-state index in [1.165, 1.54) is 0 Å². The second-order valence-corrected chi connectivity index (χ2v) is 7.67. The first-order valence-corrected chi connectivity index (χ1v) is 9.21. The van der Waals surface area contributed by atoms with Gasteiger partial charge in [-0.3, -0.25) is 4.79 Å². The van der Waals surface area contributed by atoms with Crippen molar-refractivity contribution in [1.82, 2.24) is 5.32 Å². The van der Waals surface area contributed by atoms with E-state index in [2.05, 4.69) is 5.32 Å². The van der Waals surface area contributed by atoms with Crippen molar-refractivity contribution < 1.29 is 24.2 Å². The van der Waals surface area contributed by atoms with Crippen LogP contribution >= 0.6 is 11.6 Å². The minimum atomic E-state index is -1.27. The number of carboxylic acid groups (broad SMARTS) is 1. The van der Waals surface area contributed by atoms with Gasteiger partial charge >= 0.3 is 5.97 Å². The molecule has 1 heterocycles. The van der Waals surface area contributed by atoms with Crippen molar-refractivity contribution >= 4 is 23.5 Å². The molecule has 2 fully saturated rings. The third-order valence-corrected chi connectivity index (χ3v) is 5.68. The summed E-state index contributed by atoms with van der Waals surface area (Å²) in [6.07, 6.45) is 1.61. The molecule has 1 amide bonds. The fourth-order valence-corrected chi connectivity index (χ4v) is 4.25. The fourth-order valence-electron chi connectivity index (χ4n) is 3.93. The van der Waals surface area contributed by atoms with Gasteiger partial charge in [0.2, 0.25) is 5.91 Å². The van der Waals surface area contributed by atoms with Crippen LogP contribution in [0.2, 0.25) is 5.02 Å². The first-order valence-electron chi connectivity index (χ1n) is 8.83. The molecule has 1 spiro atoms. The van der Waals surface area contributed by atoms with Crippen LogP contribution in [0, 0.1) is 13.8 Å². The third-order valence-electron chi connectivity index (χ3n) is 5.47. The monoisotopic (exact) mass is 381 g/mol. The smallest absolute Gasteiger partial charge is 0.329 e. The molecule has 0 atom stereocenters. The minimum absolute atomic E-state index is 0.127. The Morgan fingerprint density at radius 1 is 1.12 bits per heavy atom. The van der Waals surface area contributed by atoms with Gasteiger partial charge in [0, 0.05) is 17.9 Å². The van der Waals surface area contributed by atoms with Crippen LogP contribution in [0.4, 0.5) is 0 Å². The van der Waals surface area contributed by atoms with E-state index in [0.717, 1.165) is 16.7 Å². The lowest BCUT2D eigenvalue weighted by atomic mass is 9.78. The number of ether oxygens (including phenoxy) is 2. The molecule has 7 heteroatoms. The number of carboxylic acids is 1. The quantitative estimate of drug-likeness (QED) is 0.837. The van der Waals surface area contributed by atoms with Gasteiger partial charge in [0.15, 0.2) is 5.79 Å². The zero-order valence-corrected chi connectivity index (χ0v) is 15.8. The molecule has 1 aliphatic heterocycles. The van der Waals surface area contributed by atoms with Crippen LogP contribution in [0.15, 0.2) is 12.1 Å². The topological polar surface area (TPSA) is 84.9 Å². The highest BCUT2D eigenvalue weighted by Gasteiger charge is 2.50. The Kier molecular flexibility index (Phi) is 5.28. The van der Waals surface area contributed by atoms with Crippen LogP contribution in [-0.4, -0.2) is 41.5 Å². The molecule has 0 bridgehead atoms. The number of hydrogen-bond donors (Lipinski definition) is 2. The summed E-state index contributed by atoms with van der Waals surface area (Å²) in [6.45, 7) is 4.85. The van der Waals surface area contributed by atoms with Crippen LogP contribution in [0.3, 0.4) is 0 Å². The van der Waals surface area contributed by atoms with E-state index in [1.807, 2.05) is 26.0 Å². The molecule has 26 heavy (non-hydrogen) atoms. The molecule has 2 N–H and O–H groups in total. The SMILES string of the molecule is Cc1cc(Cl)cc(C)c1CC(=O)NC1(C(=O)O)CCC2(CC1)OCCO2. The molecular formula is C19H24ClNO5. The summed E-state index contributed by atoms with van der Waals surface area (Å²) < 4.78 is 11.3. The molecule has 6 nitrogen and oxygen atoms in total. The predicted molar refractivity (Wildman–Crippen MR) is 96.2 cm³/mol. The van der Waals surface area contributed by atoms with Crippen molar-refractivity contribution in [3.63, 3.8) is 0 Å². The maximum absolute atomic E-state index is 12.6. The predicted octanol–water partition coefficient (Wildman–Crippen LogP) is 2.76. The Morgan fingerprint density at radius 3 is 2.15 bits per heavy atom. The Hall–Kier alpha value is -1.63. The van der Waals surface area contributed by atoms with Gasteiger partial charge < -0.3 is 19.9 Å². The third kappa shape index (κ3) is 3.72. The zero-order valence-electron chi connectivity index (χ0n) is 15.1. The average Bonchev–Trinajstić information content (AvgIpc) is 3.02. The summed E-state index contributed by atoms with van der Waals surface area (Å²) >= 11 is 6.04. The van der Waals surface area contributed by atoms with Crippen LogP contribution in [0.5, 0.6) is 0 Å². The number of hydrogen-bond acceptors (Lipinski definition) is 4. The highest BCUT2D eigenvalue weighted by atomic mass is 35.5. The van der Waals surface area contributed by atoms with Gasteiger partial charge in [-0.2, -0.15) is 0 Å². The van der Waals surface area contributed by atoms with E-state index in [9.17, 15) is 14.7 Å².